The van der Waals surface area contributed by atoms with Crippen LogP contribution in [-0.2, 0) is 6.54 Å². The highest BCUT2D eigenvalue weighted by Gasteiger charge is 2.10. The summed E-state index contributed by atoms with van der Waals surface area (Å²) in [5, 5.41) is 2.02. The van der Waals surface area contributed by atoms with Crippen LogP contribution in [-0.4, -0.2) is 37.0 Å². The van der Waals surface area contributed by atoms with Crippen LogP contribution in [0.15, 0.2) is 17.5 Å². The first-order chi connectivity index (χ1) is 6.11. The molecule has 0 bridgehead atoms. The Bertz CT molecular complexity index is 269. The van der Waals surface area contributed by atoms with Crippen molar-refractivity contribution >= 4 is 17.4 Å². The number of carbonyl (C=O) groups excluding carboxylic acids is 1. The number of nitrogens with zero attached hydrogens (tertiary/aromatic N) is 2. The maximum atomic E-state index is 11.4. The molecule has 3 nitrogen and oxygen atoms in total. The second-order valence-electron chi connectivity index (χ2n) is 3.11. The van der Waals surface area contributed by atoms with Gasteiger partial charge in [0.05, 0.1) is 6.54 Å². The average molecular weight is 198 g/mol. The number of thiophene rings is 1. The van der Waals surface area contributed by atoms with Crippen molar-refractivity contribution in [2.75, 3.05) is 21.1 Å². The van der Waals surface area contributed by atoms with Gasteiger partial charge in [-0.05, 0) is 11.4 Å². The zero-order valence-corrected chi connectivity index (χ0v) is 8.97. The molecule has 0 aliphatic carbocycles. The number of rotatable bonds is 2. The Hall–Kier alpha value is -1.03. The van der Waals surface area contributed by atoms with Crippen LogP contribution >= 0.6 is 11.3 Å². The first kappa shape index (κ1) is 10.1. The molecule has 0 fully saturated rings. The standard InChI is InChI=1S/C9H14N2OS/c1-10(2)9(12)11(3)7-8-5-4-6-13-8/h4-6H,7H2,1-3H3. The minimum Gasteiger partial charge on any atom is -0.331 e. The topological polar surface area (TPSA) is 23.6 Å². The Morgan fingerprint density at radius 2 is 2.15 bits per heavy atom. The van der Waals surface area contributed by atoms with Gasteiger partial charge in [0.1, 0.15) is 0 Å². The van der Waals surface area contributed by atoms with Gasteiger partial charge in [-0.15, -0.1) is 11.3 Å². The van der Waals surface area contributed by atoms with E-state index in [0.29, 0.717) is 6.54 Å². The molecule has 0 aromatic carbocycles. The maximum Gasteiger partial charge on any atom is 0.319 e. The molecule has 0 radical (unpaired) electrons. The van der Waals surface area contributed by atoms with E-state index >= 15 is 0 Å². The minimum absolute atomic E-state index is 0.0356. The molecule has 4 heteroatoms. The van der Waals surface area contributed by atoms with Crippen molar-refractivity contribution < 1.29 is 4.79 Å². The molecule has 0 unspecified atom stereocenters. The predicted molar refractivity (Wildman–Crippen MR) is 54.9 cm³/mol. The van der Waals surface area contributed by atoms with E-state index in [9.17, 15) is 4.79 Å². The van der Waals surface area contributed by atoms with E-state index in [1.165, 1.54) is 4.88 Å². The van der Waals surface area contributed by atoms with Crippen LogP contribution in [0.5, 0.6) is 0 Å². The first-order valence-electron chi connectivity index (χ1n) is 4.06. The molecule has 1 rings (SSSR count). The summed E-state index contributed by atoms with van der Waals surface area (Å²) in [6.45, 7) is 0.689. The lowest BCUT2D eigenvalue weighted by Crippen LogP contribution is -2.35. The lowest BCUT2D eigenvalue weighted by atomic mass is 10.4. The van der Waals surface area contributed by atoms with E-state index < -0.39 is 0 Å². The van der Waals surface area contributed by atoms with Gasteiger partial charge in [0.2, 0.25) is 0 Å². The molecule has 1 aromatic rings. The summed E-state index contributed by atoms with van der Waals surface area (Å²) in [7, 11) is 5.32. The summed E-state index contributed by atoms with van der Waals surface area (Å²) < 4.78 is 0. The molecule has 13 heavy (non-hydrogen) atoms. The first-order valence-corrected chi connectivity index (χ1v) is 4.94. The number of amides is 2. The van der Waals surface area contributed by atoms with Crippen molar-refractivity contribution in [2.45, 2.75) is 6.54 Å². The zero-order valence-electron chi connectivity index (χ0n) is 8.15. The molecule has 0 spiro atoms. The van der Waals surface area contributed by atoms with Crippen LogP contribution in [0.25, 0.3) is 0 Å². The molecule has 0 atom stereocenters. The molecule has 0 N–H and O–H groups in total. The molecular formula is C9H14N2OS. The van der Waals surface area contributed by atoms with Crippen molar-refractivity contribution in [3.63, 3.8) is 0 Å². The van der Waals surface area contributed by atoms with Gasteiger partial charge in [-0.3, -0.25) is 0 Å². The summed E-state index contributed by atoms with van der Waals surface area (Å²) in [6.07, 6.45) is 0. The van der Waals surface area contributed by atoms with Gasteiger partial charge in [-0.25, -0.2) is 4.79 Å². The van der Waals surface area contributed by atoms with Gasteiger partial charge in [-0.2, -0.15) is 0 Å². The van der Waals surface area contributed by atoms with Crippen molar-refractivity contribution in [2.24, 2.45) is 0 Å². The van der Waals surface area contributed by atoms with Gasteiger partial charge in [-0.1, -0.05) is 6.07 Å². The van der Waals surface area contributed by atoms with Crippen molar-refractivity contribution in [3.8, 4) is 0 Å². The Morgan fingerprint density at radius 1 is 1.46 bits per heavy atom. The number of hydrogen-bond acceptors (Lipinski definition) is 2. The third-order valence-corrected chi connectivity index (χ3v) is 2.54. The van der Waals surface area contributed by atoms with E-state index in [4.69, 9.17) is 0 Å². The molecule has 2 amide bonds. The van der Waals surface area contributed by atoms with Crippen LogP contribution in [0, 0.1) is 0 Å². The normalized spacial score (nSPS) is 9.77. The Morgan fingerprint density at radius 3 is 2.62 bits per heavy atom. The second-order valence-corrected chi connectivity index (χ2v) is 4.14. The average Bonchev–Trinajstić information content (AvgIpc) is 2.55. The summed E-state index contributed by atoms with van der Waals surface area (Å²) in [4.78, 5) is 15.9. The van der Waals surface area contributed by atoms with Gasteiger partial charge < -0.3 is 9.80 Å². The van der Waals surface area contributed by atoms with E-state index in [0.717, 1.165) is 0 Å². The smallest absolute Gasteiger partial charge is 0.319 e. The second kappa shape index (κ2) is 4.28. The summed E-state index contributed by atoms with van der Waals surface area (Å²) in [5.41, 5.74) is 0. The van der Waals surface area contributed by atoms with Crippen LogP contribution in [0.4, 0.5) is 4.79 Å². The fourth-order valence-electron chi connectivity index (χ4n) is 1.05. The van der Waals surface area contributed by atoms with Crippen molar-refractivity contribution in [1.82, 2.24) is 9.80 Å². The molecule has 72 valence electrons. The van der Waals surface area contributed by atoms with E-state index in [1.54, 1.807) is 35.2 Å². The highest BCUT2D eigenvalue weighted by Crippen LogP contribution is 2.11. The quantitative estimate of drug-likeness (QED) is 0.711. The fourth-order valence-corrected chi connectivity index (χ4v) is 1.80. The molecule has 0 saturated heterocycles. The summed E-state index contributed by atoms with van der Waals surface area (Å²) in [5.74, 6) is 0. The van der Waals surface area contributed by atoms with E-state index in [2.05, 4.69) is 0 Å². The van der Waals surface area contributed by atoms with Crippen molar-refractivity contribution in [3.05, 3.63) is 22.4 Å². The Labute approximate surface area is 82.6 Å². The SMILES string of the molecule is CN(C)C(=O)N(C)Cc1cccs1. The van der Waals surface area contributed by atoms with Crippen LogP contribution in [0.3, 0.4) is 0 Å². The molecule has 0 saturated carbocycles. The molecule has 0 aliphatic heterocycles. The third-order valence-electron chi connectivity index (χ3n) is 1.68. The largest absolute Gasteiger partial charge is 0.331 e. The predicted octanol–water partition coefficient (Wildman–Crippen LogP) is 1.86. The summed E-state index contributed by atoms with van der Waals surface area (Å²) >= 11 is 1.67. The molecular weight excluding hydrogens is 184 g/mol. The third kappa shape index (κ3) is 2.73. The van der Waals surface area contributed by atoms with E-state index in [-0.39, 0.29) is 6.03 Å². The van der Waals surface area contributed by atoms with Gasteiger partial charge in [0.25, 0.3) is 0 Å². The highest BCUT2D eigenvalue weighted by molar-refractivity contribution is 7.09. The van der Waals surface area contributed by atoms with Gasteiger partial charge in [0.15, 0.2) is 0 Å². The fraction of sp³-hybridized carbons (Fsp3) is 0.444. The van der Waals surface area contributed by atoms with Gasteiger partial charge in [0, 0.05) is 26.0 Å². The van der Waals surface area contributed by atoms with Gasteiger partial charge >= 0.3 is 6.03 Å². The van der Waals surface area contributed by atoms with Crippen molar-refractivity contribution in [1.29, 1.82) is 0 Å². The zero-order chi connectivity index (χ0) is 9.84. The van der Waals surface area contributed by atoms with Crippen LogP contribution in [0.2, 0.25) is 0 Å². The maximum absolute atomic E-state index is 11.4. The Kier molecular flexibility index (Phi) is 3.31. The van der Waals surface area contributed by atoms with Crippen LogP contribution in [0.1, 0.15) is 4.88 Å². The number of hydrogen-bond donors (Lipinski definition) is 0. The van der Waals surface area contributed by atoms with E-state index in [1.807, 2.05) is 24.6 Å². The molecule has 1 aromatic heterocycles. The number of urea groups is 1. The molecule has 1 heterocycles. The lowest BCUT2D eigenvalue weighted by molar-refractivity contribution is 0.180. The number of carbonyl (C=O) groups is 1. The highest BCUT2D eigenvalue weighted by atomic mass is 32.1. The molecule has 0 aliphatic rings. The summed E-state index contributed by atoms with van der Waals surface area (Å²) in [6, 6.07) is 4.06. The Balaban J connectivity index is 2.51. The lowest BCUT2D eigenvalue weighted by Gasteiger charge is -2.20. The van der Waals surface area contributed by atoms with Crippen LogP contribution < -0.4 is 0 Å². The minimum atomic E-state index is 0.0356. The monoisotopic (exact) mass is 198 g/mol.